The minimum absolute atomic E-state index is 0.0713. The monoisotopic (exact) mass is 264 g/mol. The van der Waals surface area contributed by atoms with E-state index in [9.17, 15) is 4.79 Å². The fourth-order valence-corrected chi connectivity index (χ4v) is 1.97. The Bertz CT molecular complexity index is 621. The number of hydrogen-bond acceptors (Lipinski definition) is 5. The van der Waals surface area contributed by atoms with E-state index in [0.717, 1.165) is 17.0 Å². The number of hydrogen-bond donors (Lipinski definition) is 1. The highest BCUT2D eigenvalue weighted by Gasteiger charge is 2.14. The first-order chi connectivity index (χ1) is 9.02. The summed E-state index contributed by atoms with van der Waals surface area (Å²) in [6, 6.07) is 0.285. The number of carboxylic acid groups (broad SMARTS) is 1. The maximum Gasteiger partial charge on any atom is 0.337 e. The van der Waals surface area contributed by atoms with Gasteiger partial charge < -0.3 is 9.84 Å². The van der Waals surface area contributed by atoms with Crippen molar-refractivity contribution in [2.75, 3.05) is 6.61 Å². The number of nitrogens with zero attached hydrogens (tertiary/aromatic N) is 4. The van der Waals surface area contributed by atoms with Crippen LogP contribution in [0.15, 0.2) is 0 Å². The molecule has 0 aliphatic heterocycles. The van der Waals surface area contributed by atoms with Gasteiger partial charge in [-0.25, -0.2) is 4.98 Å². The SMILES string of the molecule is CCOc1nc2nc(C)c(CCC(=O)O)c(C)n2n1. The van der Waals surface area contributed by atoms with Crippen LogP contribution in [0, 0.1) is 13.8 Å². The van der Waals surface area contributed by atoms with Gasteiger partial charge in [0.2, 0.25) is 0 Å². The number of carbonyl (C=O) groups is 1. The highest BCUT2D eigenvalue weighted by Crippen LogP contribution is 2.17. The minimum Gasteiger partial charge on any atom is -0.481 e. The first-order valence-electron chi connectivity index (χ1n) is 6.10. The predicted octanol–water partition coefficient (Wildman–Crippen LogP) is 1.16. The van der Waals surface area contributed by atoms with Gasteiger partial charge in [-0.1, -0.05) is 0 Å². The van der Waals surface area contributed by atoms with Crippen LogP contribution in [0.2, 0.25) is 0 Å². The third kappa shape index (κ3) is 2.64. The summed E-state index contributed by atoms with van der Waals surface area (Å²) < 4.78 is 6.84. The van der Waals surface area contributed by atoms with Crippen LogP contribution >= 0.6 is 0 Å². The van der Waals surface area contributed by atoms with Gasteiger partial charge in [-0.05, 0) is 32.8 Å². The van der Waals surface area contributed by atoms with Crippen molar-refractivity contribution in [3.05, 3.63) is 17.0 Å². The summed E-state index contributed by atoms with van der Waals surface area (Å²) in [5, 5.41) is 13.0. The smallest absolute Gasteiger partial charge is 0.337 e. The molecule has 2 aromatic heterocycles. The quantitative estimate of drug-likeness (QED) is 0.871. The highest BCUT2D eigenvalue weighted by molar-refractivity contribution is 5.67. The van der Waals surface area contributed by atoms with Crippen LogP contribution in [0.25, 0.3) is 5.78 Å². The number of aliphatic carboxylic acids is 1. The van der Waals surface area contributed by atoms with Crippen LogP contribution in [-0.4, -0.2) is 37.3 Å². The number of aromatic nitrogens is 4. The van der Waals surface area contributed by atoms with Gasteiger partial charge in [0.05, 0.1) is 6.61 Å². The third-order valence-corrected chi connectivity index (χ3v) is 2.89. The van der Waals surface area contributed by atoms with Crippen molar-refractivity contribution in [1.29, 1.82) is 0 Å². The molecule has 2 rings (SSSR count). The van der Waals surface area contributed by atoms with E-state index in [-0.39, 0.29) is 12.4 Å². The fraction of sp³-hybridized carbons (Fsp3) is 0.500. The van der Waals surface area contributed by atoms with Gasteiger partial charge in [0.25, 0.3) is 5.78 Å². The molecule has 0 fully saturated rings. The lowest BCUT2D eigenvalue weighted by Gasteiger charge is -2.08. The Hall–Kier alpha value is -2.18. The van der Waals surface area contributed by atoms with Crippen molar-refractivity contribution in [1.82, 2.24) is 19.6 Å². The third-order valence-electron chi connectivity index (χ3n) is 2.89. The lowest BCUT2D eigenvalue weighted by molar-refractivity contribution is -0.136. The lowest BCUT2D eigenvalue weighted by atomic mass is 10.1. The van der Waals surface area contributed by atoms with Crippen LogP contribution in [0.1, 0.15) is 30.3 Å². The van der Waals surface area contributed by atoms with Crippen molar-refractivity contribution in [3.63, 3.8) is 0 Å². The number of ether oxygens (including phenoxy) is 1. The molecule has 7 heteroatoms. The van der Waals surface area contributed by atoms with Crippen molar-refractivity contribution in [2.45, 2.75) is 33.6 Å². The Morgan fingerprint density at radius 3 is 2.74 bits per heavy atom. The van der Waals surface area contributed by atoms with Crippen molar-refractivity contribution >= 4 is 11.7 Å². The van der Waals surface area contributed by atoms with Gasteiger partial charge in [-0.2, -0.15) is 9.50 Å². The Labute approximate surface area is 110 Å². The second-order valence-electron chi connectivity index (χ2n) is 4.19. The second-order valence-corrected chi connectivity index (χ2v) is 4.19. The van der Waals surface area contributed by atoms with Crippen molar-refractivity contribution in [3.8, 4) is 6.01 Å². The summed E-state index contributed by atoms with van der Waals surface area (Å²) in [6.07, 6.45) is 0.502. The molecule has 0 saturated heterocycles. The molecule has 0 atom stereocenters. The molecule has 2 heterocycles. The maximum atomic E-state index is 10.7. The normalized spacial score (nSPS) is 10.9. The Morgan fingerprint density at radius 1 is 1.37 bits per heavy atom. The molecule has 0 radical (unpaired) electrons. The van der Waals surface area contributed by atoms with Gasteiger partial charge in [-0.15, -0.1) is 5.10 Å². The first-order valence-corrected chi connectivity index (χ1v) is 6.10. The average molecular weight is 264 g/mol. The first kappa shape index (κ1) is 13.3. The summed E-state index contributed by atoms with van der Waals surface area (Å²) >= 11 is 0. The van der Waals surface area contributed by atoms with Crippen molar-refractivity contribution in [2.24, 2.45) is 0 Å². The second kappa shape index (κ2) is 5.21. The molecule has 0 aromatic carbocycles. The number of rotatable bonds is 5. The van der Waals surface area contributed by atoms with E-state index < -0.39 is 5.97 Å². The Morgan fingerprint density at radius 2 is 2.11 bits per heavy atom. The van der Waals surface area contributed by atoms with E-state index >= 15 is 0 Å². The molecular weight excluding hydrogens is 248 g/mol. The molecule has 0 aliphatic carbocycles. The van der Waals surface area contributed by atoms with Gasteiger partial charge in [-0.3, -0.25) is 4.79 Å². The molecule has 0 amide bonds. The number of aryl methyl sites for hydroxylation is 2. The Kier molecular flexibility index (Phi) is 3.64. The van der Waals surface area contributed by atoms with E-state index in [1.54, 1.807) is 4.52 Å². The van der Waals surface area contributed by atoms with E-state index in [4.69, 9.17) is 9.84 Å². The molecular formula is C12H16N4O3. The van der Waals surface area contributed by atoms with Gasteiger partial charge in [0.1, 0.15) is 0 Å². The van der Waals surface area contributed by atoms with Crippen LogP contribution in [-0.2, 0) is 11.2 Å². The lowest BCUT2D eigenvalue weighted by Crippen LogP contribution is -2.08. The van der Waals surface area contributed by atoms with Crippen LogP contribution in [0.3, 0.4) is 0 Å². The van der Waals surface area contributed by atoms with Crippen LogP contribution < -0.4 is 4.74 Å². The zero-order chi connectivity index (χ0) is 14.0. The summed E-state index contributed by atoms with van der Waals surface area (Å²) in [5.41, 5.74) is 2.52. The molecule has 0 unspecified atom stereocenters. The minimum atomic E-state index is -0.826. The summed E-state index contributed by atoms with van der Waals surface area (Å²) in [6.45, 7) is 6.07. The summed E-state index contributed by atoms with van der Waals surface area (Å²) in [7, 11) is 0. The highest BCUT2D eigenvalue weighted by atomic mass is 16.5. The molecule has 0 bridgehead atoms. The van der Waals surface area contributed by atoms with Gasteiger partial charge >= 0.3 is 12.0 Å². The van der Waals surface area contributed by atoms with Crippen LogP contribution in [0.5, 0.6) is 6.01 Å². The standard InChI is InChI=1S/C12H16N4O3/c1-4-19-12-14-11-13-7(2)9(5-6-10(17)18)8(3)16(11)15-12/h4-6H2,1-3H3,(H,17,18). The maximum absolute atomic E-state index is 10.7. The molecule has 1 N–H and O–H groups in total. The molecule has 19 heavy (non-hydrogen) atoms. The summed E-state index contributed by atoms with van der Waals surface area (Å²) in [4.78, 5) is 19.2. The van der Waals surface area contributed by atoms with E-state index in [0.29, 0.717) is 18.8 Å². The van der Waals surface area contributed by atoms with E-state index in [1.165, 1.54) is 0 Å². The zero-order valence-corrected chi connectivity index (χ0v) is 11.2. The van der Waals surface area contributed by atoms with E-state index in [1.807, 2.05) is 20.8 Å². The van der Waals surface area contributed by atoms with Gasteiger partial charge in [0.15, 0.2) is 0 Å². The van der Waals surface area contributed by atoms with E-state index in [2.05, 4.69) is 15.1 Å². The van der Waals surface area contributed by atoms with Crippen LogP contribution in [0.4, 0.5) is 0 Å². The predicted molar refractivity (Wildman–Crippen MR) is 67.4 cm³/mol. The topological polar surface area (TPSA) is 89.6 Å². The largest absolute Gasteiger partial charge is 0.481 e. The molecule has 0 spiro atoms. The summed E-state index contributed by atoms with van der Waals surface area (Å²) in [5.74, 6) is -0.356. The average Bonchev–Trinajstić information content (AvgIpc) is 2.71. The number of carboxylic acids is 1. The Balaban J connectivity index is 2.44. The fourth-order valence-electron chi connectivity index (χ4n) is 1.97. The van der Waals surface area contributed by atoms with Crippen molar-refractivity contribution < 1.29 is 14.6 Å². The number of fused-ring (bicyclic) bond motifs is 1. The molecule has 7 nitrogen and oxygen atoms in total. The molecule has 0 aliphatic rings. The molecule has 0 saturated carbocycles. The molecule has 102 valence electrons. The molecule has 2 aromatic rings. The zero-order valence-electron chi connectivity index (χ0n) is 11.2. The van der Waals surface area contributed by atoms with Gasteiger partial charge in [0, 0.05) is 17.8 Å².